The summed E-state index contributed by atoms with van der Waals surface area (Å²) in [6.07, 6.45) is 7.50. The van der Waals surface area contributed by atoms with Gasteiger partial charge in [0.1, 0.15) is 5.41 Å². The summed E-state index contributed by atoms with van der Waals surface area (Å²) >= 11 is 0. The first-order valence-corrected chi connectivity index (χ1v) is 17.3. The van der Waals surface area contributed by atoms with Crippen molar-refractivity contribution in [3.05, 3.63) is 59.7 Å². The maximum absolute atomic E-state index is 14.5. The maximum atomic E-state index is 14.5. The fraction of sp³-hybridized carbons (Fsp3) is 0.568. The van der Waals surface area contributed by atoms with Crippen molar-refractivity contribution >= 4 is 23.7 Å². The van der Waals surface area contributed by atoms with Crippen molar-refractivity contribution in [2.24, 2.45) is 17.3 Å². The fourth-order valence-corrected chi connectivity index (χ4v) is 8.11. The highest BCUT2D eigenvalue weighted by Crippen LogP contribution is 2.52. The zero-order valence-electron chi connectivity index (χ0n) is 28.9. The number of ether oxygens (including phenoxy) is 4. The molecule has 0 radical (unpaired) electrons. The van der Waals surface area contributed by atoms with Gasteiger partial charge >= 0.3 is 5.97 Å². The Morgan fingerprint density at radius 3 is 2.33 bits per heavy atom. The average molecular weight is 678 g/mol. The number of carbonyl (C=O) groups excluding carboxylic acids is 4. The van der Waals surface area contributed by atoms with E-state index in [1.807, 2.05) is 31.2 Å². The number of hydrogen-bond donors (Lipinski definition) is 0. The van der Waals surface area contributed by atoms with Crippen LogP contribution in [0.2, 0.25) is 0 Å². The molecule has 3 amide bonds. The van der Waals surface area contributed by atoms with Crippen LogP contribution in [0.3, 0.4) is 0 Å². The van der Waals surface area contributed by atoms with Gasteiger partial charge < -0.3 is 38.1 Å². The predicted octanol–water partition coefficient (Wildman–Crippen LogP) is 4.08. The summed E-state index contributed by atoms with van der Waals surface area (Å²) in [4.78, 5) is 60.1. The predicted molar refractivity (Wildman–Crippen MR) is 178 cm³/mol. The summed E-state index contributed by atoms with van der Waals surface area (Å²) in [5.74, 6) is -0.0738. The van der Waals surface area contributed by atoms with Gasteiger partial charge in [0.2, 0.25) is 11.8 Å². The van der Waals surface area contributed by atoms with Gasteiger partial charge in [-0.05, 0) is 74.4 Å². The van der Waals surface area contributed by atoms with Crippen molar-refractivity contribution in [2.45, 2.75) is 64.1 Å². The number of amides is 3. The molecule has 3 aliphatic heterocycles. The van der Waals surface area contributed by atoms with E-state index in [-0.39, 0.29) is 42.4 Å². The van der Waals surface area contributed by atoms with Gasteiger partial charge in [-0.15, -0.1) is 0 Å². The summed E-state index contributed by atoms with van der Waals surface area (Å²) in [6.45, 7) is 3.57. The van der Waals surface area contributed by atoms with Gasteiger partial charge in [-0.2, -0.15) is 0 Å². The van der Waals surface area contributed by atoms with Crippen LogP contribution < -0.4 is 9.47 Å². The van der Waals surface area contributed by atoms with E-state index in [4.69, 9.17) is 23.4 Å². The van der Waals surface area contributed by atoms with Crippen LogP contribution in [0.4, 0.5) is 0 Å². The van der Waals surface area contributed by atoms with Crippen LogP contribution in [0.5, 0.6) is 11.5 Å². The Hall–Kier alpha value is -4.32. The molecule has 12 nitrogen and oxygen atoms in total. The minimum absolute atomic E-state index is 0.0668. The van der Waals surface area contributed by atoms with E-state index in [0.717, 1.165) is 31.2 Å². The molecule has 1 aliphatic carbocycles. The number of piperidine rings is 1. The zero-order chi connectivity index (χ0) is 34.7. The Labute approximate surface area is 287 Å². The molecule has 0 spiro atoms. The normalized spacial score (nSPS) is 25.9. The monoisotopic (exact) mass is 677 g/mol. The quantitative estimate of drug-likeness (QED) is 0.342. The Morgan fingerprint density at radius 2 is 1.67 bits per heavy atom. The maximum Gasteiger partial charge on any atom is 0.320 e. The first-order chi connectivity index (χ1) is 23.7. The first kappa shape index (κ1) is 34.5. The molecule has 4 heterocycles. The van der Waals surface area contributed by atoms with Crippen LogP contribution in [-0.4, -0.2) is 105 Å². The summed E-state index contributed by atoms with van der Waals surface area (Å²) in [5.41, 5.74) is 0.297. The van der Waals surface area contributed by atoms with E-state index in [1.54, 1.807) is 41.1 Å². The lowest BCUT2D eigenvalue weighted by Crippen LogP contribution is -2.61. The summed E-state index contributed by atoms with van der Waals surface area (Å²) in [7, 11) is 4.52. The summed E-state index contributed by atoms with van der Waals surface area (Å²) in [5, 5.41) is 0. The number of piperazine rings is 1. The Morgan fingerprint density at radius 1 is 0.959 bits per heavy atom. The van der Waals surface area contributed by atoms with E-state index < -0.39 is 23.4 Å². The molecule has 2 saturated heterocycles. The van der Waals surface area contributed by atoms with Gasteiger partial charge in [0.15, 0.2) is 17.3 Å². The highest BCUT2D eigenvalue weighted by Gasteiger charge is 2.60. The molecule has 0 N–H and O–H groups in total. The third kappa shape index (κ3) is 6.67. The van der Waals surface area contributed by atoms with Crippen LogP contribution >= 0.6 is 0 Å². The highest BCUT2D eigenvalue weighted by molar-refractivity contribution is 5.93. The number of methoxy groups -OCH3 is 3. The Bertz CT molecular complexity index is 1560. The molecule has 264 valence electrons. The molecule has 1 aromatic heterocycles. The molecular weight excluding hydrogens is 630 g/mol. The molecule has 2 aromatic rings. The Balaban J connectivity index is 1.26. The standard InChI is InChI=1S/C37H47N3O9/c1-24-37(36(44)47-4)23-27(21-33(41)38-15-17-39(18-16-38)35(43)29-10-7-19-48-29)34(42)40(32(37)22-30(49-24)26-8-5-6-9-26)14-13-25-11-12-28(45-2)31(20-25)46-3/h7,10-12,19-20,22,24,26-27,30H,5-6,8-9,13-18,21,23H2,1-4H3/t24-,27+,30-,37+/m1/s1. The van der Waals surface area contributed by atoms with Crippen LogP contribution in [-0.2, 0) is 30.3 Å². The number of likely N-dealkylation sites (tertiary alicyclic amines) is 1. The molecule has 1 saturated carbocycles. The number of esters is 1. The molecule has 6 rings (SSSR count). The lowest BCUT2D eigenvalue weighted by molar-refractivity contribution is -0.178. The van der Waals surface area contributed by atoms with Crippen LogP contribution in [0.15, 0.2) is 52.8 Å². The van der Waals surface area contributed by atoms with Crippen molar-refractivity contribution in [3.63, 3.8) is 0 Å². The highest BCUT2D eigenvalue weighted by atomic mass is 16.5. The van der Waals surface area contributed by atoms with Gasteiger partial charge in [-0.3, -0.25) is 19.2 Å². The molecular formula is C37H47N3O9. The molecule has 4 atom stereocenters. The molecule has 4 aliphatic rings. The van der Waals surface area contributed by atoms with E-state index in [0.29, 0.717) is 62.3 Å². The Kier molecular flexibility index (Phi) is 10.3. The second-order valence-electron chi connectivity index (χ2n) is 13.5. The number of furan rings is 1. The van der Waals surface area contributed by atoms with Crippen molar-refractivity contribution in [3.8, 4) is 11.5 Å². The van der Waals surface area contributed by atoms with Crippen LogP contribution in [0.1, 0.15) is 61.6 Å². The lowest BCUT2D eigenvalue weighted by atomic mass is 9.66. The van der Waals surface area contributed by atoms with E-state index >= 15 is 0 Å². The second-order valence-corrected chi connectivity index (χ2v) is 13.5. The first-order valence-electron chi connectivity index (χ1n) is 17.3. The van der Waals surface area contributed by atoms with Crippen LogP contribution in [0, 0.1) is 17.3 Å². The molecule has 1 aromatic carbocycles. The third-order valence-electron chi connectivity index (χ3n) is 10.9. The van der Waals surface area contributed by atoms with Gasteiger partial charge in [0.25, 0.3) is 5.91 Å². The average Bonchev–Trinajstić information content (AvgIpc) is 3.87. The van der Waals surface area contributed by atoms with Gasteiger partial charge in [-0.1, -0.05) is 18.9 Å². The van der Waals surface area contributed by atoms with Gasteiger partial charge in [0, 0.05) is 50.8 Å². The van der Waals surface area contributed by atoms with Gasteiger partial charge in [0.05, 0.1) is 39.8 Å². The molecule has 0 unspecified atom stereocenters. The minimum Gasteiger partial charge on any atom is -0.493 e. The fourth-order valence-electron chi connectivity index (χ4n) is 8.11. The molecule has 0 bridgehead atoms. The largest absolute Gasteiger partial charge is 0.493 e. The minimum atomic E-state index is -1.26. The van der Waals surface area contributed by atoms with Crippen molar-refractivity contribution in [1.29, 1.82) is 0 Å². The van der Waals surface area contributed by atoms with Crippen LogP contribution in [0.25, 0.3) is 0 Å². The molecule has 3 fully saturated rings. The second kappa shape index (κ2) is 14.7. The van der Waals surface area contributed by atoms with E-state index in [9.17, 15) is 19.2 Å². The van der Waals surface area contributed by atoms with Gasteiger partial charge in [-0.25, -0.2) is 0 Å². The number of hydrogen-bond acceptors (Lipinski definition) is 9. The summed E-state index contributed by atoms with van der Waals surface area (Å²) in [6, 6.07) is 8.95. The summed E-state index contributed by atoms with van der Waals surface area (Å²) < 4.78 is 28.3. The number of nitrogens with zero attached hydrogens (tertiary/aromatic N) is 3. The van der Waals surface area contributed by atoms with Crippen molar-refractivity contribution in [1.82, 2.24) is 14.7 Å². The van der Waals surface area contributed by atoms with Crippen molar-refractivity contribution in [2.75, 3.05) is 54.1 Å². The number of carbonyl (C=O) groups is 4. The van der Waals surface area contributed by atoms with E-state index in [1.165, 1.54) is 13.4 Å². The van der Waals surface area contributed by atoms with Crippen molar-refractivity contribution < 1.29 is 42.5 Å². The number of rotatable bonds is 10. The smallest absolute Gasteiger partial charge is 0.320 e. The zero-order valence-corrected chi connectivity index (χ0v) is 28.9. The van der Waals surface area contributed by atoms with E-state index in [2.05, 4.69) is 0 Å². The topological polar surface area (TPSA) is 128 Å². The SMILES string of the molecule is COC(=O)[C@]12C[C@H](CC(=O)N3CCN(C(=O)c4ccco4)CC3)C(=O)N(CCc3ccc(OC)c(OC)c3)C1=C[C@H](C1CCCC1)O[C@@H]2C. The number of fused-ring (bicyclic) bond motifs is 1. The molecule has 12 heteroatoms. The number of benzene rings is 1. The third-order valence-corrected chi connectivity index (χ3v) is 10.9. The molecule has 49 heavy (non-hydrogen) atoms. The lowest BCUT2D eigenvalue weighted by Gasteiger charge is -2.52.